The molecule has 0 saturated heterocycles. The van der Waals surface area contributed by atoms with Crippen LogP contribution in [0.5, 0.6) is 0 Å². The van der Waals surface area contributed by atoms with Crippen molar-refractivity contribution >= 4 is 22.9 Å². The molecular weight excluding hydrogens is 252 g/mol. The number of halogens is 1. The Bertz CT molecular complexity index is 351. The summed E-state index contributed by atoms with van der Waals surface area (Å²) >= 11 is 7.47. The number of aromatic nitrogens is 1. The number of rotatable bonds is 4. The molecule has 2 unspecified atom stereocenters. The highest BCUT2D eigenvalue weighted by molar-refractivity contribution is 7.15. The Morgan fingerprint density at radius 2 is 2.24 bits per heavy atom. The van der Waals surface area contributed by atoms with Gasteiger partial charge < -0.3 is 5.32 Å². The van der Waals surface area contributed by atoms with Gasteiger partial charge in [-0.25, -0.2) is 4.98 Å². The van der Waals surface area contributed by atoms with Crippen LogP contribution in [0.25, 0.3) is 0 Å². The molecule has 0 spiro atoms. The third-order valence-electron chi connectivity index (χ3n) is 3.72. The molecule has 0 aromatic carbocycles. The highest BCUT2D eigenvalue weighted by atomic mass is 35.5. The molecule has 1 saturated carbocycles. The van der Waals surface area contributed by atoms with E-state index < -0.39 is 0 Å². The maximum absolute atomic E-state index is 5.89. The van der Waals surface area contributed by atoms with Crippen molar-refractivity contribution in [2.24, 2.45) is 11.8 Å². The summed E-state index contributed by atoms with van der Waals surface area (Å²) in [4.78, 5) is 4.29. The van der Waals surface area contributed by atoms with Crippen LogP contribution in [0.15, 0.2) is 6.20 Å². The predicted octanol–water partition coefficient (Wildman–Crippen LogP) is 4.10. The minimum absolute atomic E-state index is 0.659. The number of thiazole rings is 1. The van der Waals surface area contributed by atoms with Gasteiger partial charge in [0.05, 0.1) is 6.20 Å². The zero-order chi connectivity index (χ0) is 12.3. The van der Waals surface area contributed by atoms with Crippen LogP contribution in [0.2, 0.25) is 4.34 Å². The molecule has 1 heterocycles. The average Bonchev–Trinajstić information content (AvgIpc) is 2.73. The van der Waals surface area contributed by atoms with Gasteiger partial charge in [0.15, 0.2) is 0 Å². The molecule has 1 N–H and O–H groups in total. The molecule has 2 rings (SSSR count). The molecule has 0 bridgehead atoms. The van der Waals surface area contributed by atoms with Crippen molar-refractivity contribution in [1.29, 1.82) is 0 Å². The molecule has 0 radical (unpaired) electrons. The molecule has 0 aliphatic heterocycles. The SMILES string of the molecule is CC(C)C1CCCCC1NCc1ncc(Cl)s1. The van der Waals surface area contributed by atoms with Gasteiger partial charge in [-0.05, 0) is 24.7 Å². The Labute approximate surface area is 113 Å². The zero-order valence-corrected chi connectivity index (χ0v) is 12.2. The summed E-state index contributed by atoms with van der Waals surface area (Å²) in [7, 11) is 0. The first kappa shape index (κ1) is 13.3. The van der Waals surface area contributed by atoms with Gasteiger partial charge in [0.1, 0.15) is 9.34 Å². The number of hydrogen-bond acceptors (Lipinski definition) is 3. The Morgan fingerprint density at radius 3 is 2.88 bits per heavy atom. The normalized spacial score (nSPS) is 25.4. The fourth-order valence-corrected chi connectivity index (χ4v) is 3.71. The van der Waals surface area contributed by atoms with Gasteiger partial charge in [-0.3, -0.25) is 0 Å². The van der Waals surface area contributed by atoms with E-state index in [1.165, 1.54) is 25.7 Å². The summed E-state index contributed by atoms with van der Waals surface area (Å²) in [6.45, 7) is 5.54. The van der Waals surface area contributed by atoms with Gasteiger partial charge in [0.2, 0.25) is 0 Å². The molecule has 2 nitrogen and oxygen atoms in total. The van der Waals surface area contributed by atoms with Gasteiger partial charge in [0.25, 0.3) is 0 Å². The molecule has 17 heavy (non-hydrogen) atoms. The molecule has 1 aromatic rings. The van der Waals surface area contributed by atoms with E-state index in [4.69, 9.17) is 11.6 Å². The van der Waals surface area contributed by atoms with Crippen molar-refractivity contribution in [3.05, 3.63) is 15.5 Å². The quantitative estimate of drug-likeness (QED) is 0.893. The Kier molecular flexibility index (Phi) is 4.83. The van der Waals surface area contributed by atoms with E-state index in [9.17, 15) is 0 Å². The van der Waals surface area contributed by atoms with Crippen molar-refractivity contribution in [1.82, 2.24) is 10.3 Å². The Balaban J connectivity index is 1.88. The Morgan fingerprint density at radius 1 is 1.47 bits per heavy atom. The molecule has 0 amide bonds. The molecule has 1 aliphatic rings. The lowest BCUT2D eigenvalue weighted by Gasteiger charge is -2.34. The van der Waals surface area contributed by atoms with Crippen LogP contribution in [-0.4, -0.2) is 11.0 Å². The largest absolute Gasteiger partial charge is 0.307 e. The van der Waals surface area contributed by atoms with Crippen molar-refractivity contribution in [3.63, 3.8) is 0 Å². The lowest BCUT2D eigenvalue weighted by Crippen LogP contribution is -2.40. The van der Waals surface area contributed by atoms with E-state index >= 15 is 0 Å². The van der Waals surface area contributed by atoms with Crippen LogP contribution in [-0.2, 0) is 6.54 Å². The van der Waals surface area contributed by atoms with Crippen molar-refractivity contribution in [3.8, 4) is 0 Å². The molecular formula is C13H21ClN2S. The fraction of sp³-hybridized carbons (Fsp3) is 0.769. The number of hydrogen-bond donors (Lipinski definition) is 1. The smallest absolute Gasteiger partial charge is 0.113 e. The second-order valence-electron chi connectivity index (χ2n) is 5.24. The van der Waals surface area contributed by atoms with Crippen molar-refractivity contribution < 1.29 is 0 Å². The highest BCUT2D eigenvalue weighted by Gasteiger charge is 2.27. The number of nitrogens with one attached hydrogen (secondary N) is 1. The second kappa shape index (κ2) is 6.17. The average molecular weight is 273 g/mol. The molecule has 4 heteroatoms. The van der Waals surface area contributed by atoms with E-state index in [1.54, 1.807) is 17.5 Å². The van der Waals surface area contributed by atoms with Gasteiger partial charge in [-0.1, -0.05) is 38.3 Å². The van der Waals surface area contributed by atoms with Crippen LogP contribution >= 0.6 is 22.9 Å². The first-order chi connectivity index (χ1) is 8.16. The van der Waals surface area contributed by atoms with Gasteiger partial charge in [-0.2, -0.15) is 0 Å². The standard InChI is InChI=1S/C13H21ClN2S/c1-9(2)10-5-3-4-6-11(10)15-8-13-16-7-12(14)17-13/h7,9-11,15H,3-6,8H2,1-2H3. The van der Waals surface area contributed by atoms with Crippen LogP contribution < -0.4 is 5.32 Å². The van der Waals surface area contributed by atoms with Crippen LogP contribution in [0.1, 0.15) is 44.5 Å². The second-order valence-corrected chi connectivity index (χ2v) is 6.98. The monoisotopic (exact) mass is 272 g/mol. The first-order valence-electron chi connectivity index (χ1n) is 6.50. The number of nitrogens with zero attached hydrogens (tertiary/aromatic N) is 1. The molecule has 1 aromatic heterocycles. The Hall–Kier alpha value is -0.120. The minimum atomic E-state index is 0.659. The van der Waals surface area contributed by atoms with Crippen LogP contribution in [0.4, 0.5) is 0 Å². The summed E-state index contributed by atoms with van der Waals surface area (Å²) in [5.74, 6) is 1.59. The maximum Gasteiger partial charge on any atom is 0.113 e. The van der Waals surface area contributed by atoms with Gasteiger partial charge >= 0.3 is 0 Å². The molecule has 2 atom stereocenters. The third-order valence-corrected chi connectivity index (χ3v) is 4.83. The summed E-state index contributed by atoms with van der Waals surface area (Å²) in [6, 6.07) is 0.659. The maximum atomic E-state index is 5.89. The molecule has 96 valence electrons. The van der Waals surface area contributed by atoms with Crippen molar-refractivity contribution in [2.45, 2.75) is 52.1 Å². The topological polar surface area (TPSA) is 24.9 Å². The summed E-state index contributed by atoms with van der Waals surface area (Å²) < 4.78 is 0.783. The van der Waals surface area contributed by atoms with Gasteiger partial charge in [0, 0.05) is 12.6 Å². The summed E-state index contributed by atoms with van der Waals surface area (Å²) in [5, 5.41) is 4.77. The first-order valence-corrected chi connectivity index (χ1v) is 7.70. The third kappa shape index (κ3) is 3.67. The fourth-order valence-electron chi connectivity index (χ4n) is 2.80. The van der Waals surface area contributed by atoms with E-state index in [0.717, 1.165) is 27.7 Å². The van der Waals surface area contributed by atoms with E-state index in [0.29, 0.717) is 6.04 Å². The van der Waals surface area contributed by atoms with E-state index in [1.807, 2.05) is 0 Å². The van der Waals surface area contributed by atoms with Crippen LogP contribution in [0.3, 0.4) is 0 Å². The minimum Gasteiger partial charge on any atom is -0.307 e. The van der Waals surface area contributed by atoms with Crippen LogP contribution in [0, 0.1) is 11.8 Å². The van der Waals surface area contributed by atoms with E-state index in [2.05, 4.69) is 24.1 Å². The molecule has 1 aliphatic carbocycles. The highest BCUT2D eigenvalue weighted by Crippen LogP contribution is 2.30. The van der Waals surface area contributed by atoms with Gasteiger partial charge in [-0.15, -0.1) is 11.3 Å². The van der Waals surface area contributed by atoms with Crippen molar-refractivity contribution in [2.75, 3.05) is 0 Å². The lowest BCUT2D eigenvalue weighted by molar-refractivity contribution is 0.204. The molecule has 1 fully saturated rings. The predicted molar refractivity (Wildman–Crippen MR) is 74.5 cm³/mol. The summed E-state index contributed by atoms with van der Waals surface area (Å²) in [5.41, 5.74) is 0. The zero-order valence-electron chi connectivity index (χ0n) is 10.6. The van der Waals surface area contributed by atoms with E-state index in [-0.39, 0.29) is 0 Å². The lowest BCUT2D eigenvalue weighted by atomic mass is 9.78. The summed E-state index contributed by atoms with van der Waals surface area (Å²) in [6.07, 6.45) is 7.17.